The smallest absolute Gasteiger partial charge is 0.0979 e. The van der Waals surface area contributed by atoms with Gasteiger partial charge in [-0.05, 0) is 37.1 Å². The molecule has 0 amide bonds. The molecule has 0 bridgehead atoms. The van der Waals surface area contributed by atoms with E-state index in [-0.39, 0.29) is 6.04 Å². The maximum absolute atomic E-state index is 3.53. The maximum atomic E-state index is 3.53. The second-order valence-corrected chi connectivity index (χ2v) is 6.70. The van der Waals surface area contributed by atoms with Crippen LogP contribution in [-0.4, -0.2) is 10.9 Å². The van der Waals surface area contributed by atoms with Crippen LogP contribution in [0.5, 0.6) is 0 Å². The van der Waals surface area contributed by atoms with Crippen LogP contribution in [0.25, 0.3) is 0 Å². The Morgan fingerprint density at radius 1 is 0.731 bits per heavy atom. The molecular formula is C25H25N. The van der Waals surface area contributed by atoms with E-state index in [1.54, 1.807) is 0 Å². The van der Waals surface area contributed by atoms with Crippen LogP contribution < -0.4 is 0 Å². The zero-order chi connectivity index (χ0) is 18.2. The zero-order valence-electron chi connectivity index (χ0n) is 15.5. The molecule has 0 aliphatic heterocycles. The van der Waals surface area contributed by atoms with E-state index in [1.165, 1.54) is 11.1 Å². The molecule has 3 aromatic carbocycles. The number of hydrogen-bond donors (Lipinski definition) is 0. The van der Waals surface area contributed by atoms with E-state index >= 15 is 0 Å². The van der Waals surface area contributed by atoms with Gasteiger partial charge in [-0.25, -0.2) is 0 Å². The maximum Gasteiger partial charge on any atom is 0.0979 e. The second kappa shape index (κ2) is 9.04. The first kappa shape index (κ1) is 18.0. The van der Waals surface area contributed by atoms with E-state index < -0.39 is 0 Å². The van der Waals surface area contributed by atoms with Gasteiger partial charge in [-0.1, -0.05) is 90.7 Å². The van der Waals surface area contributed by atoms with Crippen molar-refractivity contribution in [2.75, 3.05) is 0 Å². The number of benzene rings is 3. The fraction of sp³-hybridized carbons (Fsp3) is 0.200. The van der Waals surface area contributed by atoms with Crippen molar-refractivity contribution in [3.63, 3.8) is 0 Å². The van der Waals surface area contributed by atoms with Crippen LogP contribution in [0.3, 0.4) is 0 Å². The summed E-state index contributed by atoms with van der Waals surface area (Å²) in [6.07, 6.45) is 0. The van der Waals surface area contributed by atoms with Crippen LogP contribution in [-0.2, 0) is 6.54 Å². The lowest BCUT2D eigenvalue weighted by Crippen LogP contribution is -2.33. The third-order valence-corrected chi connectivity index (χ3v) is 4.45. The molecule has 0 saturated heterocycles. The highest BCUT2D eigenvalue weighted by Gasteiger charge is 2.21. The van der Waals surface area contributed by atoms with E-state index in [1.807, 2.05) is 18.2 Å². The van der Waals surface area contributed by atoms with Crippen molar-refractivity contribution in [1.29, 1.82) is 0 Å². The molecular weight excluding hydrogens is 314 g/mol. The van der Waals surface area contributed by atoms with Crippen LogP contribution in [0.4, 0.5) is 0 Å². The van der Waals surface area contributed by atoms with Gasteiger partial charge in [0.15, 0.2) is 0 Å². The van der Waals surface area contributed by atoms with Crippen molar-refractivity contribution < 1.29 is 0 Å². The van der Waals surface area contributed by atoms with Crippen molar-refractivity contribution in [3.8, 4) is 11.8 Å². The molecule has 1 nitrogen and oxygen atoms in total. The molecule has 26 heavy (non-hydrogen) atoms. The fourth-order valence-corrected chi connectivity index (χ4v) is 3.03. The van der Waals surface area contributed by atoms with E-state index in [2.05, 4.69) is 103 Å². The van der Waals surface area contributed by atoms with Gasteiger partial charge in [0.1, 0.15) is 0 Å². The monoisotopic (exact) mass is 339 g/mol. The first-order valence-electron chi connectivity index (χ1n) is 9.15. The van der Waals surface area contributed by atoms with Gasteiger partial charge in [0.2, 0.25) is 0 Å². The summed E-state index contributed by atoms with van der Waals surface area (Å²) in [6, 6.07) is 31.9. The minimum Gasteiger partial charge on any atom is -0.279 e. The average Bonchev–Trinajstić information content (AvgIpc) is 2.69. The van der Waals surface area contributed by atoms with Gasteiger partial charge in [-0.15, -0.1) is 0 Å². The average molecular weight is 339 g/mol. The molecule has 0 heterocycles. The lowest BCUT2D eigenvalue weighted by Gasteiger charge is -2.32. The lowest BCUT2D eigenvalue weighted by atomic mass is 10.0. The van der Waals surface area contributed by atoms with Gasteiger partial charge in [0.05, 0.1) is 6.04 Å². The Morgan fingerprint density at radius 2 is 1.27 bits per heavy atom. The Labute approximate surface area is 157 Å². The molecule has 1 heteroatoms. The minimum atomic E-state index is 0.0524. The molecule has 0 aliphatic carbocycles. The molecule has 0 saturated carbocycles. The molecule has 1 unspecified atom stereocenters. The molecule has 0 radical (unpaired) electrons. The zero-order valence-corrected chi connectivity index (χ0v) is 15.5. The molecule has 3 rings (SSSR count). The van der Waals surface area contributed by atoms with Gasteiger partial charge in [-0.2, -0.15) is 0 Å². The van der Waals surface area contributed by atoms with Crippen molar-refractivity contribution in [1.82, 2.24) is 4.90 Å². The lowest BCUT2D eigenvalue weighted by molar-refractivity contribution is 0.179. The summed E-state index contributed by atoms with van der Waals surface area (Å²) in [6.45, 7) is 5.35. The Bertz CT molecular complexity index is 842. The quantitative estimate of drug-likeness (QED) is 0.540. The number of hydrogen-bond acceptors (Lipinski definition) is 1. The summed E-state index contributed by atoms with van der Waals surface area (Å²) in [5.41, 5.74) is 3.60. The highest BCUT2D eigenvalue weighted by Crippen LogP contribution is 2.25. The second-order valence-electron chi connectivity index (χ2n) is 6.70. The first-order valence-corrected chi connectivity index (χ1v) is 9.15. The van der Waals surface area contributed by atoms with Crippen molar-refractivity contribution in [2.24, 2.45) is 0 Å². The van der Waals surface area contributed by atoms with Crippen LogP contribution in [0.15, 0.2) is 91.0 Å². The molecule has 0 aromatic heterocycles. The molecule has 130 valence electrons. The summed E-state index contributed by atoms with van der Waals surface area (Å²) in [4.78, 5) is 2.46. The van der Waals surface area contributed by atoms with Gasteiger partial charge in [-0.3, -0.25) is 4.90 Å². The molecule has 3 aromatic rings. The van der Waals surface area contributed by atoms with Crippen LogP contribution in [0.2, 0.25) is 0 Å². The standard InChI is InChI=1S/C25H25N/c1-21(2)26(20-23-14-8-4-9-15-23)25(24-16-10-5-11-17-24)19-18-22-12-6-3-7-13-22/h3-17,21,25H,20H2,1-2H3. The highest BCUT2D eigenvalue weighted by atomic mass is 15.2. The minimum absolute atomic E-state index is 0.0524. The third-order valence-electron chi connectivity index (χ3n) is 4.45. The van der Waals surface area contributed by atoms with Crippen molar-refractivity contribution >= 4 is 0 Å². The van der Waals surface area contributed by atoms with E-state index in [4.69, 9.17) is 0 Å². The Balaban J connectivity index is 1.96. The topological polar surface area (TPSA) is 3.24 Å². The summed E-state index contributed by atoms with van der Waals surface area (Å²) >= 11 is 0. The third kappa shape index (κ3) is 4.85. The normalized spacial score (nSPS) is 11.8. The molecule has 0 aliphatic rings. The number of rotatable bonds is 5. The molecule has 0 spiro atoms. The SMILES string of the molecule is CC(C)N(Cc1ccccc1)C(C#Cc1ccccc1)c1ccccc1. The highest BCUT2D eigenvalue weighted by molar-refractivity contribution is 5.38. The molecule has 1 atom stereocenters. The molecule has 0 N–H and O–H groups in total. The fourth-order valence-electron chi connectivity index (χ4n) is 3.03. The van der Waals surface area contributed by atoms with Gasteiger partial charge in [0.25, 0.3) is 0 Å². The van der Waals surface area contributed by atoms with Gasteiger partial charge >= 0.3 is 0 Å². The Morgan fingerprint density at radius 3 is 1.85 bits per heavy atom. The number of nitrogens with zero attached hydrogens (tertiary/aromatic N) is 1. The first-order chi connectivity index (χ1) is 12.7. The van der Waals surface area contributed by atoms with Gasteiger partial charge < -0.3 is 0 Å². The van der Waals surface area contributed by atoms with E-state index in [0.29, 0.717) is 6.04 Å². The Hall–Kier alpha value is -2.82. The van der Waals surface area contributed by atoms with Crippen molar-refractivity contribution in [2.45, 2.75) is 32.5 Å². The predicted molar refractivity (Wildman–Crippen MR) is 110 cm³/mol. The summed E-state index contributed by atoms with van der Waals surface area (Å²) in [5, 5.41) is 0. The summed E-state index contributed by atoms with van der Waals surface area (Å²) in [7, 11) is 0. The Kier molecular flexibility index (Phi) is 6.25. The van der Waals surface area contributed by atoms with Crippen LogP contribution >= 0.6 is 0 Å². The van der Waals surface area contributed by atoms with Crippen LogP contribution in [0, 0.1) is 11.8 Å². The van der Waals surface area contributed by atoms with E-state index in [9.17, 15) is 0 Å². The van der Waals surface area contributed by atoms with Gasteiger partial charge in [0, 0.05) is 18.2 Å². The summed E-state index contributed by atoms with van der Waals surface area (Å²) < 4.78 is 0. The molecule has 0 fully saturated rings. The largest absolute Gasteiger partial charge is 0.279 e. The van der Waals surface area contributed by atoms with E-state index in [0.717, 1.165) is 12.1 Å². The summed E-state index contributed by atoms with van der Waals surface area (Å²) in [5.74, 6) is 6.90. The van der Waals surface area contributed by atoms with Crippen LogP contribution in [0.1, 0.15) is 36.6 Å². The van der Waals surface area contributed by atoms with Crippen molar-refractivity contribution in [3.05, 3.63) is 108 Å². The predicted octanol–water partition coefficient (Wildman–Crippen LogP) is 5.69.